The van der Waals surface area contributed by atoms with E-state index in [-0.39, 0.29) is 0 Å². The molecule has 1 aliphatic heterocycles. The van der Waals surface area contributed by atoms with Gasteiger partial charge in [-0.1, -0.05) is 0 Å². The monoisotopic (exact) mass is 158 g/mol. The first-order valence-corrected chi connectivity index (χ1v) is 4.38. The van der Waals surface area contributed by atoms with Gasteiger partial charge in [-0.3, -0.25) is 10.9 Å². The zero-order valence-corrected chi connectivity index (χ0v) is 7.85. The molecule has 0 aromatic heterocycles. The standard InChI is InChI=1S/C8H20N3/c1-9-10-8-4-6-11(2,3)7-5-8/h8-10H,4-7H2,1-3H3/q+1. The lowest BCUT2D eigenvalue weighted by Crippen LogP contribution is -2.52. The minimum Gasteiger partial charge on any atom is -0.328 e. The summed E-state index contributed by atoms with van der Waals surface area (Å²) >= 11 is 0. The van der Waals surface area contributed by atoms with E-state index in [1.54, 1.807) is 0 Å². The molecular weight excluding hydrogens is 138 g/mol. The molecule has 2 N–H and O–H groups in total. The third-order valence-corrected chi connectivity index (χ3v) is 2.51. The summed E-state index contributed by atoms with van der Waals surface area (Å²) in [6, 6.07) is 0.686. The summed E-state index contributed by atoms with van der Waals surface area (Å²) in [5.41, 5.74) is 6.27. The lowest BCUT2D eigenvalue weighted by Gasteiger charge is -2.37. The highest BCUT2D eigenvalue weighted by Crippen LogP contribution is 2.13. The molecule has 0 unspecified atom stereocenters. The van der Waals surface area contributed by atoms with Crippen LogP contribution < -0.4 is 10.9 Å². The van der Waals surface area contributed by atoms with Crippen molar-refractivity contribution in [3.8, 4) is 0 Å². The molecule has 66 valence electrons. The summed E-state index contributed by atoms with van der Waals surface area (Å²) < 4.78 is 1.18. The Morgan fingerprint density at radius 1 is 1.18 bits per heavy atom. The molecule has 1 aliphatic rings. The number of nitrogens with zero attached hydrogens (tertiary/aromatic N) is 1. The molecule has 1 rings (SSSR count). The molecule has 1 heterocycles. The Balaban J connectivity index is 2.25. The summed E-state index contributed by atoms with van der Waals surface area (Å²) in [6.07, 6.45) is 2.57. The number of hydrogen-bond donors (Lipinski definition) is 2. The van der Waals surface area contributed by atoms with Gasteiger partial charge in [0.2, 0.25) is 0 Å². The van der Waals surface area contributed by atoms with Crippen molar-refractivity contribution in [1.29, 1.82) is 0 Å². The Morgan fingerprint density at radius 2 is 1.73 bits per heavy atom. The fourth-order valence-electron chi connectivity index (χ4n) is 1.62. The summed E-state index contributed by atoms with van der Waals surface area (Å²) in [6.45, 7) is 2.58. The lowest BCUT2D eigenvalue weighted by atomic mass is 10.0. The topological polar surface area (TPSA) is 24.1 Å². The Morgan fingerprint density at radius 3 is 2.18 bits per heavy atom. The van der Waals surface area contributed by atoms with Crippen molar-refractivity contribution in [3.05, 3.63) is 0 Å². The van der Waals surface area contributed by atoms with Crippen molar-refractivity contribution in [2.24, 2.45) is 0 Å². The van der Waals surface area contributed by atoms with Crippen molar-refractivity contribution >= 4 is 0 Å². The van der Waals surface area contributed by atoms with Gasteiger partial charge in [0, 0.05) is 18.9 Å². The largest absolute Gasteiger partial charge is 0.328 e. The van der Waals surface area contributed by atoms with Crippen molar-refractivity contribution in [2.75, 3.05) is 34.2 Å². The zero-order valence-electron chi connectivity index (χ0n) is 7.85. The summed E-state index contributed by atoms with van der Waals surface area (Å²) in [5, 5.41) is 0. The van der Waals surface area contributed by atoms with E-state index in [0.717, 1.165) is 0 Å². The molecule has 0 atom stereocenters. The number of likely N-dealkylation sites (tertiary alicyclic amines) is 1. The van der Waals surface area contributed by atoms with Crippen LogP contribution >= 0.6 is 0 Å². The average molecular weight is 158 g/mol. The molecule has 0 radical (unpaired) electrons. The number of nitrogens with one attached hydrogen (secondary N) is 2. The first-order chi connectivity index (χ1) is 5.14. The van der Waals surface area contributed by atoms with Gasteiger partial charge in [-0.25, -0.2) is 0 Å². The van der Waals surface area contributed by atoms with Crippen LogP contribution in [0.25, 0.3) is 0 Å². The third-order valence-electron chi connectivity index (χ3n) is 2.51. The van der Waals surface area contributed by atoms with Gasteiger partial charge in [0.25, 0.3) is 0 Å². The third kappa shape index (κ3) is 2.77. The molecule has 3 heteroatoms. The van der Waals surface area contributed by atoms with E-state index in [2.05, 4.69) is 24.9 Å². The Kier molecular flexibility index (Phi) is 2.87. The maximum absolute atomic E-state index is 3.26. The fourth-order valence-corrected chi connectivity index (χ4v) is 1.62. The first-order valence-electron chi connectivity index (χ1n) is 4.38. The van der Waals surface area contributed by atoms with Crippen molar-refractivity contribution in [3.63, 3.8) is 0 Å². The minimum absolute atomic E-state index is 0.686. The summed E-state index contributed by atoms with van der Waals surface area (Å²) in [7, 11) is 6.54. The van der Waals surface area contributed by atoms with E-state index in [9.17, 15) is 0 Å². The fraction of sp³-hybridized carbons (Fsp3) is 1.00. The second kappa shape index (κ2) is 3.52. The minimum atomic E-state index is 0.686. The van der Waals surface area contributed by atoms with Crippen LogP contribution in [0.4, 0.5) is 0 Å². The number of hydrazine groups is 1. The van der Waals surface area contributed by atoms with Crippen LogP contribution in [0, 0.1) is 0 Å². The normalized spacial score (nSPS) is 25.4. The van der Waals surface area contributed by atoms with Crippen LogP contribution in [0.3, 0.4) is 0 Å². The Hall–Kier alpha value is -0.120. The predicted molar refractivity (Wildman–Crippen MR) is 47.1 cm³/mol. The lowest BCUT2D eigenvalue weighted by molar-refractivity contribution is -0.895. The number of rotatable bonds is 2. The van der Waals surface area contributed by atoms with Crippen molar-refractivity contribution in [1.82, 2.24) is 10.9 Å². The van der Waals surface area contributed by atoms with E-state index >= 15 is 0 Å². The molecule has 0 aromatic carbocycles. The Labute approximate surface area is 69.3 Å². The van der Waals surface area contributed by atoms with Gasteiger partial charge in [0.05, 0.1) is 27.2 Å². The molecule has 0 saturated carbocycles. The van der Waals surface area contributed by atoms with Crippen molar-refractivity contribution < 1.29 is 4.48 Å². The Bertz CT molecular complexity index is 113. The van der Waals surface area contributed by atoms with Gasteiger partial charge in [-0.2, -0.15) is 0 Å². The molecule has 0 amide bonds. The van der Waals surface area contributed by atoms with Gasteiger partial charge in [0.15, 0.2) is 0 Å². The molecule has 0 aliphatic carbocycles. The van der Waals surface area contributed by atoms with E-state index in [1.165, 1.54) is 30.4 Å². The second-order valence-electron chi connectivity index (χ2n) is 4.05. The second-order valence-corrected chi connectivity index (χ2v) is 4.05. The molecular formula is C8H20N3+. The van der Waals surface area contributed by atoms with Crippen molar-refractivity contribution in [2.45, 2.75) is 18.9 Å². The molecule has 11 heavy (non-hydrogen) atoms. The number of hydrogen-bond acceptors (Lipinski definition) is 2. The van der Waals surface area contributed by atoms with Crippen LogP contribution in [0.15, 0.2) is 0 Å². The van der Waals surface area contributed by atoms with Crippen LogP contribution in [-0.2, 0) is 0 Å². The molecule has 1 fully saturated rings. The molecule has 0 bridgehead atoms. The first kappa shape index (κ1) is 8.97. The van der Waals surface area contributed by atoms with Gasteiger partial charge >= 0.3 is 0 Å². The smallest absolute Gasteiger partial charge is 0.0798 e. The quantitative estimate of drug-likeness (QED) is 0.435. The van der Waals surface area contributed by atoms with Crippen LogP contribution in [0.5, 0.6) is 0 Å². The van der Waals surface area contributed by atoms with Gasteiger partial charge < -0.3 is 4.48 Å². The van der Waals surface area contributed by atoms with Crippen LogP contribution in [0.1, 0.15) is 12.8 Å². The van der Waals surface area contributed by atoms with E-state index in [1.807, 2.05) is 7.05 Å². The highest BCUT2D eigenvalue weighted by Gasteiger charge is 2.25. The van der Waals surface area contributed by atoms with E-state index in [4.69, 9.17) is 0 Å². The number of piperidine rings is 1. The maximum atomic E-state index is 3.26. The van der Waals surface area contributed by atoms with E-state index in [0.29, 0.717) is 6.04 Å². The zero-order chi connectivity index (χ0) is 8.32. The highest BCUT2D eigenvalue weighted by atomic mass is 15.4. The van der Waals surface area contributed by atoms with Crippen LogP contribution in [-0.4, -0.2) is 44.8 Å². The highest BCUT2D eigenvalue weighted by molar-refractivity contribution is 4.67. The summed E-state index contributed by atoms with van der Waals surface area (Å²) in [4.78, 5) is 0. The number of quaternary nitrogens is 1. The van der Waals surface area contributed by atoms with Crippen LogP contribution in [0.2, 0.25) is 0 Å². The molecule has 3 nitrogen and oxygen atoms in total. The SMILES string of the molecule is CNNC1CC[N+](C)(C)CC1. The molecule has 0 aromatic rings. The predicted octanol–water partition coefficient (Wildman–Crippen LogP) is -0.0508. The van der Waals surface area contributed by atoms with Gasteiger partial charge in [-0.15, -0.1) is 0 Å². The van der Waals surface area contributed by atoms with Gasteiger partial charge in [-0.05, 0) is 7.05 Å². The molecule has 1 saturated heterocycles. The summed E-state index contributed by atoms with van der Waals surface area (Å²) in [5.74, 6) is 0. The van der Waals surface area contributed by atoms with Gasteiger partial charge in [0.1, 0.15) is 0 Å². The van der Waals surface area contributed by atoms with E-state index < -0.39 is 0 Å². The maximum Gasteiger partial charge on any atom is 0.0798 e. The average Bonchev–Trinajstić information content (AvgIpc) is 1.94. The molecule has 0 spiro atoms.